The molecule has 0 aliphatic heterocycles. The van der Waals surface area contributed by atoms with Crippen molar-refractivity contribution in [3.8, 4) is 0 Å². The van der Waals surface area contributed by atoms with E-state index in [2.05, 4.69) is 4.74 Å². The molecule has 0 aromatic heterocycles. The molecule has 0 heterocycles. The van der Waals surface area contributed by atoms with Crippen LogP contribution in [0.4, 0.5) is 13.2 Å². The van der Waals surface area contributed by atoms with Gasteiger partial charge in [0.15, 0.2) is 0 Å². The minimum absolute atomic E-state index is 0.495. The highest BCUT2D eigenvalue weighted by molar-refractivity contribution is 7.90. The number of hydrogen-bond acceptors (Lipinski definition) is 6. The number of halogens is 3. The molecular weight excluding hydrogens is 410 g/mol. The van der Waals surface area contributed by atoms with Crippen molar-refractivity contribution in [2.24, 2.45) is 0 Å². The molecule has 0 fully saturated rings. The lowest BCUT2D eigenvalue weighted by Crippen LogP contribution is -2.64. The van der Waals surface area contributed by atoms with Gasteiger partial charge in [-0.2, -0.15) is 17.9 Å². The molecule has 27 heavy (non-hydrogen) atoms. The lowest BCUT2D eigenvalue weighted by molar-refractivity contribution is -0.192. The van der Waals surface area contributed by atoms with E-state index in [1.807, 2.05) is 0 Å². The maximum absolute atomic E-state index is 14.1. The molecule has 0 amide bonds. The number of esters is 1. The van der Waals surface area contributed by atoms with E-state index in [1.54, 1.807) is 0 Å². The van der Waals surface area contributed by atoms with E-state index in [9.17, 15) is 30.9 Å². The Morgan fingerprint density at radius 2 is 1.74 bits per heavy atom. The van der Waals surface area contributed by atoms with Gasteiger partial charge in [-0.05, 0) is 32.9 Å². The third kappa shape index (κ3) is 4.90. The van der Waals surface area contributed by atoms with Crippen LogP contribution in [-0.4, -0.2) is 45.2 Å². The standard InChI is InChI=1S/C15H21F3NO6PS/c1-5-24-13(20)14(15(16,17)18,26(4,21)25-11(2)3)19-27(22,23)12-9-7-6-8-10-12/h6-11,19H,5H2,1-4H3/t14-,26-/m1/s1. The van der Waals surface area contributed by atoms with E-state index in [0.29, 0.717) is 6.66 Å². The summed E-state index contributed by atoms with van der Waals surface area (Å²) in [5, 5.41) is -4.10. The highest BCUT2D eigenvalue weighted by Crippen LogP contribution is 2.62. The van der Waals surface area contributed by atoms with Crippen LogP contribution in [0.5, 0.6) is 0 Å². The Balaban J connectivity index is 3.71. The molecule has 0 bridgehead atoms. The third-order valence-electron chi connectivity index (χ3n) is 3.34. The molecule has 12 heteroatoms. The van der Waals surface area contributed by atoms with Crippen LogP contribution >= 0.6 is 7.37 Å². The van der Waals surface area contributed by atoms with Crippen LogP contribution in [0.2, 0.25) is 0 Å². The zero-order valence-corrected chi connectivity index (χ0v) is 16.8. The van der Waals surface area contributed by atoms with Gasteiger partial charge in [-0.15, -0.1) is 0 Å². The number of benzene rings is 1. The second-order valence-electron chi connectivity index (χ2n) is 5.85. The first kappa shape index (κ1) is 23.6. The maximum Gasteiger partial charge on any atom is 0.427 e. The van der Waals surface area contributed by atoms with E-state index in [-0.39, 0.29) is 0 Å². The third-order valence-corrected chi connectivity index (χ3v) is 7.55. The van der Waals surface area contributed by atoms with Crippen LogP contribution in [0.3, 0.4) is 0 Å². The van der Waals surface area contributed by atoms with E-state index >= 15 is 0 Å². The minimum atomic E-state index is -5.61. The summed E-state index contributed by atoms with van der Waals surface area (Å²) in [5.74, 6) is -2.05. The number of nitrogens with one attached hydrogen (secondary N) is 1. The zero-order chi connectivity index (χ0) is 21.1. The molecule has 0 unspecified atom stereocenters. The number of ether oxygens (including phenoxy) is 1. The molecule has 0 spiro atoms. The van der Waals surface area contributed by atoms with Crippen LogP contribution in [0.15, 0.2) is 35.2 Å². The molecule has 0 aliphatic rings. The number of carbonyl (C=O) groups is 1. The number of carbonyl (C=O) groups excluding carboxylic acids is 1. The van der Waals surface area contributed by atoms with Crippen molar-refractivity contribution >= 4 is 23.4 Å². The van der Waals surface area contributed by atoms with E-state index in [1.165, 1.54) is 43.7 Å². The molecule has 2 atom stereocenters. The molecule has 1 aromatic rings. The Morgan fingerprint density at radius 3 is 2.15 bits per heavy atom. The molecule has 0 radical (unpaired) electrons. The summed E-state index contributed by atoms with van der Waals surface area (Å²) in [7, 11) is -9.91. The minimum Gasteiger partial charge on any atom is -0.464 e. The highest BCUT2D eigenvalue weighted by Gasteiger charge is 2.73. The first-order valence-corrected chi connectivity index (χ1v) is 11.4. The first-order chi connectivity index (χ1) is 12.2. The Labute approximate surface area is 155 Å². The van der Waals surface area contributed by atoms with Crippen LogP contribution in [0.1, 0.15) is 20.8 Å². The fourth-order valence-corrected chi connectivity index (χ4v) is 6.33. The van der Waals surface area contributed by atoms with Gasteiger partial charge in [-0.1, -0.05) is 18.2 Å². The van der Waals surface area contributed by atoms with Gasteiger partial charge in [0.05, 0.1) is 17.6 Å². The maximum atomic E-state index is 14.1. The second kappa shape index (κ2) is 8.30. The molecule has 0 aliphatic carbocycles. The monoisotopic (exact) mass is 431 g/mol. The second-order valence-corrected chi connectivity index (χ2v) is 10.1. The zero-order valence-electron chi connectivity index (χ0n) is 15.1. The summed E-state index contributed by atoms with van der Waals surface area (Å²) in [6.45, 7) is 3.88. The van der Waals surface area contributed by atoms with Crippen LogP contribution < -0.4 is 4.72 Å². The summed E-state index contributed by atoms with van der Waals surface area (Å²) < 4.78 is 90.8. The van der Waals surface area contributed by atoms with E-state index in [0.717, 1.165) is 12.1 Å². The quantitative estimate of drug-likeness (QED) is 0.502. The van der Waals surface area contributed by atoms with E-state index in [4.69, 9.17) is 4.52 Å². The number of rotatable bonds is 8. The molecule has 7 nitrogen and oxygen atoms in total. The Bertz CT molecular complexity index is 813. The van der Waals surface area contributed by atoms with Crippen molar-refractivity contribution in [1.82, 2.24) is 4.72 Å². The van der Waals surface area contributed by atoms with Crippen molar-refractivity contribution in [3.63, 3.8) is 0 Å². The van der Waals surface area contributed by atoms with Gasteiger partial charge in [0, 0.05) is 6.66 Å². The van der Waals surface area contributed by atoms with Gasteiger partial charge in [0.25, 0.3) is 0 Å². The predicted octanol–water partition coefficient (Wildman–Crippen LogP) is 3.12. The summed E-state index contributed by atoms with van der Waals surface area (Å²) in [6.07, 6.45) is -6.60. The first-order valence-electron chi connectivity index (χ1n) is 7.80. The molecule has 0 saturated carbocycles. The number of sulfonamides is 1. The average Bonchev–Trinajstić information content (AvgIpc) is 2.51. The molecule has 154 valence electrons. The molecule has 1 rings (SSSR count). The average molecular weight is 431 g/mol. The summed E-state index contributed by atoms with van der Waals surface area (Å²) in [6, 6.07) is 6.07. The Hall–Kier alpha value is -1.42. The van der Waals surface area contributed by atoms with Gasteiger partial charge in [0.1, 0.15) is 0 Å². The van der Waals surface area contributed by atoms with Crippen molar-refractivity contribution in [2.45, 2.75) is 43.2 Å². The van der Waals surface area contributed by atoms with Crippen molar-refractivity contribution in [3.05, 3.63) is 30.3 Å². The lowest BCUT2D eigenvalue weighted by Gasteiger charge is -2.38. The van der Waals surface area contributed by atoms with Gasteiger partial charge in [-0.3, -0.25) is 4.57 Å². The highest BCUT2D eigenvalue weighted by atomic mass is 32.2. The largest absolute Gasteiger partial charge is 0.464 e. The fourth-order valence-electron chi connectivity index (χ4n) is 2.26. The number of hydrogen-bond donors (Lipinski definition) is 1. The molecular formula is C15H21F3NO6PS. The molecule has 0 saturated heterocycles. The van der Waals surface area contributed by atoms with Crippen LogP contribution in [0, 0.1) is 0 Å². The topological polar surface area (TPSA) is 98.8 Å². The molecule has 1 aromatic carbocycles. The van der Waals surface area contributed by atoms with Crippen molar-refractivity contribution < 1.29 is 40.2 Å². The van der Waals surface area contributed by atoms with Gasteiger partial charge in [0.2, 0.25) is 17.4 Å². The summed E-state index contributed by atoms with van der Waals surface area (Å²) in [5.41, 5.74) is 0. The van der Waals surface area contributed by atoms with Gasteiger partial charge < -0.3 is 9.26 Å². The van der Waals surface area contributed by atoms with Crippen molar-refractivity contribution in [1.29, 1.82) is 0 Å². The number of alkyl halides is 3. The smallest absolute Gasteiger partial charge is 0.427 e. The van der Waals surface area contributed by atoms with Crippen LogP contribution in [0.25, 0.3) is 0 Å². The molecule has 1 N–H and O–H groups in total. The fraction of sp³-hybridized carbons (Fsp3) is 0.533. The summed E-state index contributed by atoms with van der Waals surface area (Å²) >= 11 is 0. The Kier molecular flexibility index (Phi) is 7.26. The van der Waals surface area contributed by atoms with Crippen molar-refractivity contribution in [2.75, 3.05) is 13.3 Å². The van der Waals surface area contributed by atoms with Crippen LogP contribution in [-0.2, 0) is 28.6 Å². The Morgan fingerprint density at radius 1 is 1.22 bits per heavy atom. The van der Waals surface area contributed by atoms with E-state index < -0.39 is 52.4 Å². The lowest BCUT2D eigenvalue weighted by atomic mass is 10.3. The van der Waals surface area contributed by atoms with Gasteiger partial charge in [-0.25, -0.2) is 13.2 Å². The SMILES string of the molecule is CCOC(=O)[C@](NS(=O)(=O)c1ccccc1)(C(F)(F)F)[P@](C)(=O)OC(C)C. The summed E-state index contributed by atoms with van der Waals surface area (Å²) in [4.78, 5) is 11.8. The van der Waals surface area contributed by atoms with Gasteiger partial charge >= 0.3 is 17.4 Å². The predicted molar refractivity (Wildman–Crippen MR) is 91.9 cm³/mol. The normalized spacial score (nSPS) is 17.2.